The van der Waals surface area contributed by atoms with Crippen LogP contribution in [0.5, 0.6) is 0 Å². The number of rotatable bonds is 10. The molecule has 0 rings (SSSR count). The van der Waals surface area contributed by atoms with Crippen LogP contribution in [0.2, 0.25) is 0 Å². The first-order valence-corrected chi connectivity index (χ1v) is 6.85. The van der Waals surface area contributed by atoms with Crippen LogP contribution in [0.3, 0.4) is 0 Å². The van der Waals surface area contributed by atoms with Crippen molar-refractivity contribution in [2.45, 2.75) is 65.6 Å². The molecule has 17 heavy (non-hydrogen) atoms. The van der Waals surface area contributed by atoms with Crippen molar-refractivity contribution >= 4 is 0 Å². The predicted octanol–water partition coefficient (Wildman–Crippen LogP) is 2.60. The minimum atomic E-state index is -0.206. The predicted molar refractivity (Wildman–Crippen MR) is 71.0 cm³/mol. The van der Waals surface area contributed by atoms with Gasteiger partial charge in [0.1, 0.15) is 0 Å². The van der Waals surface area contributed by atoms with Gasteiger partial charge in [-0.05, 0) is 51.4 Å². The molecule has 0 saturated heterocycles. The lowest BCUT2D eigenvalue weighted by Crippen LogP contribution is -2.14. The largest absolute Gasteiger partial charge is 0.393 e. The van der Waals surface area contributed by atoms with E-state index in [4.69, 9.17) is 4.74 Å². The summed E-state index contributed by atoms with van der Waals surface area (Å²) in [7, 11) is 0. The van der Waals surface area contributed by atoms with Crippen LogP contribution in [-0.4, -0.2) is 35.6 Å². The summed E-state index contributed by atoms with van der Waals surface area (Å²) in [5, 5.41) is 18.3. The molecule has 4 atom stereocenters. The van der Waals surface area contributed by atoms with E-state index in [0.29, 0.717) is 11.8 Å². The van der Waals surface area contributed by atoms with Gasteiger partial charge in [0.25, 0.3) is 0 Å². The van der Waals surface area contributed by atoms with E-state index in [1.807, 2.05) is 13.8 Å². The Hall–Kier alpha value is -0.120. The summed E-state index contributed by atoms with van der Waals surface area (Å²) in [6, 6.07) is 0. The van der Waals surface area contributed by atoms with E-state index in [-0.39, 0.29) is 12.2 Å². The molecular formula is C14H30O3. The van der Waals surface area contributed by atoms with Gasteiger partial charge in [0.2, 0.25) is 0 Å². The van der Waals surface area contributed by atoms with Gasteiger partial charge >= 0.3 is 0 Å². The van der Waals surface area contributed by atoms with E-state index in [1.54, 1.807) is 0 Å². The molecule has 0 radical (unpaired) electrons. The molecule has 0 aromatic rings. The first kappa shape index (κ1) is 16.9. The van der Waals surface area contributed by atoms with Gasteiger partial charge in [-0.3, -0.25) is 0 Å². The van der Waals surface area contributed by atoms with Crippen molar-refractivity contribution in [1.29, 1.82) is 0 Å². The molecule has 0 aliphatic carbocycles. The summed E-state index contributed by atoms with van der Waals surface area (Å²) >= 11 is 0. The molecule has 0 aromatic carbocycles. The van der Waals surface area contributed by atoms with Crippen molar-refractivity contribution < 1.29 is 14.9 Å². The summed E-state index contributed by atoms with van der Waals surface area (Å²) < 4.78 is 5.66. The van der Waals surface area contributed by atoms with Gasteiger partial charge in [-0.1, -0.05) is 13.8 Å². The molecule has 3 heteroatoms. The summed E-state index contributed by atoms with van der Waals surface area (Å²) in [4.78, 5) is 0. The van der Waals surface area contributed by atoms with Crippen molar-refractivity contribution in [2.24, 2.45) is 11.8 Å². The Balaban J connectivity index is 3.42. The third-order valence-electron chi connectivity index (χ3n) is 2.96. The van der Waals surface area contributed by atoms with Gasteiger partial charge in [-0.2, -0.15) is 0 Å². The molecule has 0 spiro atoms. The number of hydrogen-bond donors (Lipinski definition) is 2. The highest BCUT2D eigenvalue weighted by molar-refractivity contribution is 4.58. The molecule has 0 amide bonds. The number of ether oxygens (including phenoxy) is 1. The molecule has 0 heterocycles. The SMILES string of the molecule is CC(O)CCC(C)COCC(C)CCC(C)O. The molecule has 0 saturated carbocycles. The Morgan fingerprint density at radius 1 is 0.706 bits per heavy atom. The first-order valence-electron chi connectivity index (χ1n) is 6.85. The molecular weight excluding hydrogens is 216 g/mol. The minimum absolute atomic E-state index is 0.206. The Kier molecular flexibility index (Phi) is 9.79. The normalized spacial score (nSPS) is 18.7. The van der Waals surface area contributed by atoms with Crippen LogP contribution in [0.4, 0.5) is 0 Å². The minimum Gasteiger partial charge on any atom is -0.393 e. The van der Waals surface area contributed by atoms with Gasteiger partial charge in [0, 0.05) is 13.2 Å². The first-order chi connectivity index (χ1) is 7.91. The summed E-state index contributed by atoms with van der Waals surface area (Å²) in [5.74, 6) is 1.02. The maximum atomic E-state index is 9.17. The highest BCUT2D eigenvalue weighted by atomic mass is 16.5. The second-order valence-corrected chi connectivity index (χ2v) is 5.60. The molecule has 3 nitrogen and oxygen atoms in total. The van der Waals surface area contributed by atoms with Crippen LogP contribution < -0.4 is 0 Å². The van der Waals surface area contributed by atoms with Crippen molar-refractivity contribution in [3.8, 4) is 0 Å². The van der Waals surface area contributed by atoms with E-state index in [9.17, 15) is 10.2 Å². The Labute approximate surface area is 106 Å². The van der Waals surface area contributed by atoms with Crippen LogP contribution in [0.1, 0.15) is 53.4 Å². The van der Waals surface area contributed by atoms with E-state index < -0.39 is 0 Å². The summed E-state index contributed by atoms with van der Waals surface area (Å²) in [5.41, 5.74) is 0. The maximum absolute atomic E-state index is 9.17. The standard InChI is InChI=1S/C14H30O3/c1-11(5-7-13(3)15)9-17-10-12(2)6-8-14(4)16/h11-16H,5-10H2,1-4H3. The Morgan fingerprint density at radius 3 is 1.35 bits per heavy atom. The second kappa shape index (κ2) is 9.86. The fourth-order valence-corrected chi connectivity index (χ4v) is 1.69. The number of aliphatic hydroxyl groups is 2. The molecule has 4 unspecified atom stereocenters. The van der Waals surface area contributed by atoms with E-state index >= 15 is 0 Å². The van der Waals surface area contributed by atoms with Crippen LogP contribution in [0.15, 0.2) is 0 Å². The van der Waals surface area contributed by atoms with Crippen molar-refractivity contribution in [3.05, 3.63) is 0 Å². The maximum Gasteiger partial charge on any atom is 0.0512 e. The second-order valence-electron chi connectivity index (χ2n) is 5.60. The average Bonchev–Trinajstić information content (AvgIpc) is 2.23. The van der Waals surface area contributed by atoms with E-state index in [0.717, 1.165) is 38.9 Å². The molecule has 0 aromatic heterocycles. The average molecular weight is 246 g/mol. The van der Waals surface area contributed by atoms with Crippen LogP contribution in [-0.2, 0) is 4.74 Å². The van der Waals surface area contributed by atoms with Crippen molar-refractivity contribution in [3.63, 3.8) is 0 Å². The van der Waals surface area contributed by atoms with Crippen LogP contribution in [0.25, 0.3) is 0 Å². The van der Waals surface area contributed by atoms with Crippen LogP contribution >= 0.6 is 0 Å². The molecule has 0 bridgehead atoms. The fourth-order valence-electron chi connectivity index (χ4n) is 1.69. The molecule has 2 N–H and O–H groups in total. The van der Waals surface area contributed by atoms with Crippen molar-refractivity contribution in [1.82, 2.24) is 0 Å². The third-order valence-corrected chi connectivity index (χ3v) is 2.96. The van der Waals surface area contributed by atoms with Gasteiger partial charge in [-0.15, -0.1) is 0 Å². The number of hydrogen-bond acceptors (Lipinski definition) is 3. The topological polar surface area (TPSA) is 49.7 Å². The summed E-state index contributed by atoms with van der Waals surface area (Å²) in [6.07, 6.45) is 3.31. The third kappa shape index (κ3) is 12.1. The Morgan fingerprint density at radius 2 is 1.06 bits per heavy atom. The Bertz CT molecular complexity index is 151. The van der Waals surface area contributed by atoms with Crippen molar-refractivity contribution in [2.75, 3.05) is 13.2 Å². The van der Waals surface area contributed by atoms with E-state index in [2.05, 4.69) is 13.8 Å². The fraction of sp³-hybridized carbons (Fsp3) is 1.00. The molecule has 0 fully saturated rings. The number of aliphatic hydroxyl groups excluding tert-OH is 2. The lowest BCUT2D eigenvalue weighted by molar-refractivity contribution is 0.0656. The van der Waals surface area contributed by atoms with Gasteiger partial charge in [0.05, 0.1) is 12.2 Å². The zero-order valence-corrected chi connectivity index (χ0v) is 11.9. The molecule has 104 valence electrons. The molecule has 0 aliphatic heterocycles. The lowest BCUT2D eigenvalue weighted by Gasteiger charge is -2.16. The lowest BCUT2D eigenvalue weighted by atomic mass is 10.0. The molecule has 0 aliphatic rings. The zero-order chi connectivity index (χ0) is 13.3. The summed E-state index contributed by atoms with van der Waals surface area (Å²) in [6.45, 7) is 9.50. The monoisotopic (exact) mass is 246 g/mol. The highest BCUT2D eigenvalue weighted by Gasteiger charge is 2.08. The van der Waals surface area contributed by atoms with E-state index in [1.165, 1.54) is 0 Å². The zero-order valence-electron chi connectivity index (χ0n) is 11.9. The smallest absolute Gasteiger partial charge is 0.0512 e. The van der Waals surface area contributed by atoms with Gasteiger partial charge in [-0.25, -0.2) is 0 Å². The highest BCUT2D eigenvalue weighted by Crippen LogP contribution is 2.11. The van der Waals surface area contributed by atoms with Crippen LogP contribution in [0, 0.1) is 11.8 Å². The van der Waals surface area contributed by atoms with Gasteiger partial charge in [0.15, 0.2) is 0 Å². The van der Waals surface area contributed by atoms with Gasteiger partial charge < -0.3 is 14.9 Å². The quantitative estimate of drug-likeness (QED) is 0.623.